The zero-order chi connectivity index (χ0) is 11.8. The van der Waals surface area contributed by atoms with E-state index in [1.54, 1.807) is 0 Å². The van der Waals surface area contributed by atoms with E-state index >= 15 is 0 Å². The number of nitrogens with zero attached hydrogens (tertiary/aromatic N) is 5. The average molecular weight is 270 g/mol. The van der Waals surface area contributed by atoms with Crippen LogP contribution in [-0.2, 0) is 26.6 Å². The molecule has 0 N–H and O–H groups in total. The van der Waals surface area contributed by atoms with Gasteiger partial charge in [0, 0.05) is 50.3 Å². The third-order valence-electron chi connectivity index (χ3n) is 3.07. The Hall–Kier alpha value is -0.980. The largest absolute Gasteiger partial charge is 0.337 e. The Morgan fingerprint density at radius 3 is 3.18 bits per heavy atom. The molecule has 0 spiro atoms. The van der Waals surface area contributed by atoms with Crippen molar-refractivity contribution >= 4 is 23.1 Å². The number of aryl methyl sites for hydroxylation is 1. The van der Waals surface area contributed by atoms with Gasteiger partial charge in [0.15, 0.2) is 0 Å². The molecule has 0 atom stereocenters. The molecule has 0 saturated carbocycles. The van der Waals surface area contributed by atoms with E-state index in [2.05, 4.69) is 24.0 Å². The molecule has 7 heteroatoms. The first-order chi connectivity index (χ1) is 8.24. The molecule has 0 radical (unpaired) electrons. The number of fused-ring (bicyclic) bond motifs is 1. The first-order valence-corrected chi connectivity index (χ1v) is 6.57. The summed E-state index contributed by atoms with van der Waals surface area (Å²) in [5.41, 5.74) is 3.37. The fraction of sp³-hybridized carbons (Fsp3) is 0.500. The fourth-order valence-corrected chi connectivity index (χ4v) is 2.76. The predicted octanol–water partition coefficient (Wildman–Crippen LogP) is 1.48. The summed E-state index contributed by atoms with van der Waals surface area (Å²) < 4.78 is 6.64. The van der Waals surface area contributed by atoms with Gasteiger partial charge in [0.05, 0.1) is 12.0 Å². The van der Waals surface area contributed by atoms with Crippen molar-refractivity contribution in [3.05, 3.63) is 27.7 Å². The Balaban J connectivity index is 1.74. The molecule has 3 heterocycles. The minimum atomic E-state index is 0.691. The van der Waals surface area contributed by atoms with E-state index < -0.39 is 0 Å². The third-order valence-corrected chi connectivity index (χ3v) is 4.05. The summed E-state index contributed by atoms with van der Waals surface area (Å²) in [6, 6.07) is 0. The Morgan fingerprint density at radius 1 is 1.53 bits per heavy atom. The summed E-state index contributed by atoms with van der Waals surface area (Å²) >= 11 is 7.25. The summed E-state index contributed by atoms with van der Waals surface area (Å²) in [7, 11) is 2.04. The highest BCUT2D eigenvalue weighted by Gasteiger charge is 2.21. The zero-order valence-corrected chi connectivity index (χ0v) is 11.0. The maximum Gasteiger partial charge on any atom is 0.138 e. The summed E-state index contributed by atoms with van der Waals surface area (Å²) in [5.74, 6) is 0. The maximum atomic E-state index is 6.01. The smallest absolute Gasteiger partial charge is 0.138 e. The maximum absolute atomic E-state index is 6.01. The van der Waals surface area contributed by atoms with Gasteiger partial charge in [-0.1, -0.05) is 16.1 Å². The van der Waals surface area contributed by atoms with Crippen molar-refractivity contribution in [3.8, 4) is 0 Å². The lowest BCUT2D eigenvalue weighted by Gasteiger charge is -2.25. The molecule has 0 saturated heterocycles. The number of aromatic nitrogens is 4. The quantitative estimate of drug-likeness (QED) is 0.829. The molecule has 0 aliphatic carbocycles. The molecule has 17 heavy (non-hydrogen) atoms. The molecule has 1 aliphatic rings. The van der Waals surface area contributed by atoms with Crippen LogP contribution in [0.4, 0.5) is 0 Å². The Bertz CT molecular complexity index is 535. The van der Waals surface area contributed by atoms with Gasteiger partial charge in [-0.3, -0.25) is 4.90 Å². The highest BCUT2D eigenvalue weighted by atomic mass is 35.5. The molecule has 3 rings (SSSR count). The molecule has 2 aromatic rings. The van der Waals surface area contributed by atoms with Gasteiger partial charge in [0.1, 0.15) is 10.0 Å². The van der Waals surface area contributed by atoms with Crippen molar-refractivity contribution in [2.75, 3.05) is 6.54 Å². The second-order valence-electron chi connectivity index (χ2n) is 4.20. The van der Waals surface area contributed by atoms with Crippen LogP contribution < -0.4 is 0 Å². The lowest BCUT2D eigenvalue weighted by atomic mass is 10.1. The summed E-state index contributed by atoms with van der Waals surface area (Å²) in [5, 5.41) is 4.04. The number of hydrogen-bond acceptors (Lipinski definition) is 5. The Morgan fingerprint density at radius 2 is 2.41 bits per heavy atom. The number of imidazole rings is 1. The minimum Gasteiger partial charge on any atom is -0.337 e. The van der Waals surface area contributed by atoms with Crippen molar-refractivity contribution in [1.82, 2.24) is 24.0 Å². The van der Waals surface area contributed by atoms with Crippen molar-refractivity contribution in [3.63, 3.8) is 0 Å². The van der Waals surface area contributed by atoms with Crippen molar-refractivity contribution in [2.24, 2.45) is 7.05 Å². The highest BCUT2D eigenvalue weighted by molar-refractivity contribution is 7.10. The molecule has 5 nitrogen and oxygen atoms in total. The number of rotatable bonds is 2. The minimum absolute atomic E-state index is 0.691. The summed E-state index contributed by atoms with van der Waals surface area (Å²) in [6.07, 6.45) is 2.91. The van der Waals surface area contributed by atoms with E-state index in [-0.39, 0.29) is 0 Å². The van der Waals surface area contributed by atoms with Gasteiger partial charge >= 0.3 is 0 Å². The monoisotopic (exact) mass is 269 g/mol. The molecule has 0 fully saturated rings. The van der Waals surface area contributed by atoms with E-state index in [9.17, 15) is 0 Å². The molecule has 0 unspecified atom stereocenters. The normalized spacial score (nSPS) is 16.1. The first-order valence-electron chi connectivity index (χ1n) is 5.42. The van der Waals surface area contributed by atoms with Gasteiger partial charge in [-0.25, -0.2) is 4.98 Å². The lowest BCUT2D eigenvalue weighted by Crippen LogP contribution is -2.31. The van der Waals surface area contributed by atoms with E-state index in [1.807, 2.05) is 13.4 Å². The van der Waals surface area contributed by atoms with Crippen molar-refractivity contribution < 1.29 is 0 Å². The van der Waals surface area contributed by atoms with E-state index in [4.69, 9.17) is 11.6 Å². The van der Waals surface area contributed by atoms with Crippen LogP contribution in [0, 0.1) is 0 Å². The van der Waals surface area contributed by atoms with E-state index in [1.165, 1.54) is 17.2 Å². The van der Waals surface area contributed by atoms with Crippen molar-refractivity contribution in [1.29, 1.82) is 0 Å². The van der Waals surface area contributed by atoms with Gasteiger partial charge in [-0.05, 0) is 0 Å². The Kier molecular flexibility index (Phi) is 2.85. The van der Waals surface area contributed by atoms with Crippen LogP contribution in [0.15, 0.2) is 6.33 Å². The van der Waals surface area contributed by atoms with Gasteiger partial charge in [-0.15, -0.1) is 5.10 Å². The molecule has 1 aliphatic heterocycles. The molecule has 0 amide bonds. The zero-order valence-electron chi connectivity index (χ0n) is 9.43. The molecule has 0 bridgehead atoms. The van der Waals surface area contributed by atoms with Gasteiger partial charge in [-0.2, -0.15) is 0 Å². The van der Waals surface area contributed by atoms with Gasteiger partial charge in [0.2, 0.25) is 0 Å². The van der Waals surface area contributed by atoms with Crippen LogP contribution in [0.2, 0.25) is 4.34 Å². The standard InChI is InChI=1S/C10H12ClN5S/c1-15-6-12-7-4-16(3-2-9(7)15)5-8-10(11)17-14-13-8/h6H,2-5H2,1H3. The number of hydrogen-bond donors (Lipinski definition) is 0. The molecular formula is C10H12ClN5S. The third kappa shape index (κ3) is 2.08. The highest BCUT2D eigenvalue weighted by Crippen LogP contribution is 2.22. The molecule has 0 aromatic carbocycles. The van der Waals surface area contributed by atoms with E-state index in [0.717, 1.165) is 37.4 Å². The van der Waals surface area contributed by atoms with Crippen LogP contribution >= 0.6 is 23.1 Å². The molecule has 2 aromatic heterocycles. The second kappa shape index (κ2) is 4.36. The van der Waals surface area contributed by atoms with Crippen molar-refractivity contribution in [2.45, 2.75) is 19.5 Å². The van der Waals surface area contributed by atoms with Crippen LogP contribution in [0.3, 0.4) is 0 Å². The molecule has 90 valence electrons. The van der Waals surface area contributed by atoms with Crippen LogP contribution in [0.1, 0.15) is 17.1 Å². The summed E-state index contributed by atoms with van der Waals surface area (Å²) in [6.45, 7) is 2.63. The topological polar surface area (TPSA) is 46.8 Å². The van der Waals surface area contributed by atoms with Crippen LogP contribution in [0.25, 0.3) is 0 Å². The number of halogens is 1. The van der Waals surface area contributed by atoms with Gasteiger partial charge < -0.3 is 4.57 Å². The van der Waals surface area contributed by atoms with Gasteiger partial charge in [0.25, 0.3) is 0 Å². The van der Waals surface area contributed by atoms with Crippen LogP contribution in [0.5, 0.6) is 0 Å². The SMILES string of the molecule is Cn1cnc2c1CCN(Cc1nnsc1Cl)C2. The lowest BCUT2D eigenvalue weighted by molar-refractivity contribution is 0.237. The molecular weight excluding hydrogens is 258 g/mol. The summed E-state index contributed by atoms with van der Waals surface area (Å²) in [4.78, 5) is 6.72. The van der Waals surface area contributed by atoms with E-state index in [0.29, 0.717) is 4.34 Å². The fourth-order valence-electron chi connectivity index (χ4n) is 2.15. The predicted molar refractivity (Wildman–Crippen MR) is 65.9 cm³/mol. The van der Waals surface area contributed by atoms with Crippen LogP contribution in [-0.4, -0.2) is 30.6 Å². The average Bonchev–Trinajstić information content (AvgIpc) is 2.87. The Labute approximate surface area is 108 Å². The first kappa shape index (κ1) is 11.1. The second-order valence-corrected chi connectivity index (χ2v) is 5.56.